The number of carbonyl (C=O) groups is 2. The van der Waals surface area contributed by atoms with E-state index >= 15 is 0 Å². The summed E-state index contributed by atoms with van der Waals surface area (Å²) in [6.45, 7) is -0.320. The molecule has 0 atom stereocenters. The fourth-order valence-electron chi connectivity index (χ4n) is 0.938. The monoisotopic (exact) mass is 264 g/mol. The molecule has 1 aromatic heterocycles. The van der Waals surface area contributed by atoms with Crippen molar-refractivity contribution in [3.63, 3.8) is 0 Å². The topological polar surface area (TPSA) is 83.4 Å². The van der Waals surface area contributed by atoms with E-state index in [1.807, 2.05) is 0 Å². The van der Waals surface area contributed by atoms with Crippen LogP contribution in [-0.4, -0.2) is 26.7 Å². The molecule has 0 amide bonds. The van der Waals surface area contributed by atoms with Gasteiger partial charge in [0.2, 0.25) is 6.33 Å². The summed E-state index contributed by atoms with van der Waals surface area (Å²) in [5, 5.41) is 16.8. The highest BCUT2D eigenvalue weighted by molar-refractivity contribution is 5.66. The first-order valence-corrected chi connectivity index (χ1v) is 3.56. The molecule has 0 spiro atoms. The summed E-state index contributed by atoms with van der Waals surface area (Å²) in [5.41, 5.74) is 0. The predicted octanol–water partition coefficient (Wildman–Crippen LogP) is -4.05. The summed E-state index contributed by atoms with van der Waals surface area (Å²) in [4.78, 5) is 20.5. The lowest BCUT2D eigenvalue weighted by Crippen LogP contribution is -3.00. The lowest BCUT2D eigenvalue weighted by Gasteiger charge is -1.88. The van der Waals surface area contributed by atoms with E-state index in [2.05, 4.69) is 0 Å². The molecule has 0 saturated carbocycles. The molecule has 0 unspecified atom stereocenters. The summed E-state index contributed by atoms with van der Waals surface area (Å²) < 4.78 is 2.79. The van der Waals surface area contributed by atoms with Crippen LogP contribution in [0.2, 0.25) is 0 Å². The second kappa shape index (κ2) is 5.38. The zero-order chi connectivity index (χ0) is 9.84. The van der Waals surface area contributed by atoms with Gasteiger partial charge in [0.1, 0.15) is 12.4 Å². The van der Waals surface area contributed by atoms with E-state index in [-0.39, 0.29) is 30.1 Å². The summed E-state index contributed by atoms with van der Waals surface area (Å²) in [6.07, 6.45) is 4.45. The van der Waals surface area contributed by atoms with Crippen LogP contribution in [0.15, 0.2) is 18.7 Å². The van der Waals surface area contributed by atoms with Crippen LogP contribution in [0.1, 0.15) is 0 Å². The first-order chi connectivity index (χ1) is 6.08. The molecular weight excluding hydrogens is 256 g/mol. The van der Waals surface area contributed by atoms with E-state index < -0.39 is 11.9 Å². The Hall–Kier alpha value is -1.37. The molecular formula is C7H9BrN2O4. The van der Waals surface area contributed by atoms with E-state index in [4.69, 9.17) is 10.2 Å². The van der Waals surface area contributed by atoms with Crippen LogP contribution < -0.4 is 21.5 Å². The number of hydrogen-bond acceptors (Lipinski definition) is 2. The van der Waals surface area contributed by atoms with Gasteiger partial charge in [0.05, 0.1) is 0 Å². The van der Waals surface area contributed by atoms with Gasteiger partial charge in [-0.15, -0.1) is 0 Å². The Kier molecular flexibility index (Phi) is 4.85. The molecule has 1 aromatic rings. The van der Waals surface area contributed by atoms with E-state index in [1.165, 1.54) is 27.9 Å². The van der Waals surface area contributed by atoms with Crippen molar-refractivity contribution < 1.29 is 41.4 Å². The Balaban J connectivity index is 0.00000169. The highest BCUT2D eigenvalue weighted by Crippen LogP contribution is 1.84. The summed E-state index contributed by atoms with van der Waals surface area (Å²) >= 11 is 0. The van der Waals surface area contributed by atoms with Gasteiger partial charge in [0, 0.05) is 0 Å². The highest BCUT2D eigenvalue weighted by atomic mass is 79.9. The molecule has 1 heterocycles. The van der Waals surface area contributed by atoms with E-state index in [9.17, 15) is 9.59 Å². The van der Waals surface area contributed by atoms with Crippen LogP contribution in [0, 0.1) is 0 Å². The van der Waals surface area contributed by atoms with E-state index in [1.54, 1.807) is 0 Å². The molecule has 0 aromatic carbocycles. The molecule has 0 aliphatic heterocycles. The Morgan fingerprint density at radius 3 is 2.43 bits per heavy atom. The van der Waals surface area contributed by atoms with Crippen LogP contribution in [0.5, 0.6) is 0 Å². The van der Waals surface area contributed by atoms with Crippen molar-refractivity contribution in [1.82, 2.24) is 4.57 Å². The normalized spacial score (nSPS) is 9.14. The van der Waals surface area contributed by atoms with Crippen LogP contribution in [0.3, 0.4) is 0 Å². The van der Waals surface area contributed by atoms with Gasteiger partial charge in [-0.1, -0.05) is 0 Å². The second-order valence-electron chi connectivity index (χ2n) is 2.55. The third-order valence-corrected chi connectivity index (χ3v) is 1.38. The highest BCUT2D eigenvalue weighted by Gasteiger charge is 2.09. The van der Waals surface area contributed by atoms with Crippen molar-refractivity contribution in [2.45, 2.75) is 13.1 Å². The smallest absolute Gasteiger partial charge is 0.346 e. The third kappa shape index (κ3) is 4.04. The largest absolute Gasteiger partial charge is 1.00 e. The Morgan fingerprint density at radius 2 is 1.93 bits per heavy atom. The maximum absolute atomic E-state index is 10.3. The van der Waals surface area contributed by atoms with Gasteiger partial charge in [-0.3, -0.25) is 0 Å². The zero-order valence-electron chi connectivity index (χ0n) is 7.13. The molecule has 0 bridgehead atoms. The number of carboxylic acid groups (broad SMARTS) is 2. The SMILES string of the molecule is O=C(O)Cn1cc[n+](CC(=O)O)c1.[Br-]. The maximum atomic E-state index is 10.3. The zero-order valence-corrected chi connectivity index (χ0v) is 8.72. The number of aromatic nitrogens is 2. The number of nitrogens with zero attached hydrogens (tertiary/aromatic N) is 2. The minimum Gasteiger partial charge on any atom is -1.00 e. The molecule has 0 fully saturated rings. The Bertz CT molecular complexity index is 306. The van der Waals surface area contributed by atoms with Crippen LogP contribution >= 0.6 is 0 Å². The number of hydrogen-bond donors (Lipinski definition) is 2. The lowest BCUT2D eigenvalue weighted by atomic mass is 10.6. The number of halogens is 1. The van der Waals surface area contributed by atoms with Gasteiger partial charge in [-0.05, 0) is 0 Å². The number of aliphatic carboxylic acids is 2. The van der Waals surface area contributed by atoms with Gasteiger partial charge in [0.25, 0.3) is 0 Å². The standard InChI is InChI=1S/C7H8N2O4.BrH/c10-6(11)3-8-1-2-9(5-8)4-7(12)13;/h1-2,5H,3-4H2,(H-,10,11,12,13);1H. The molecule has 14 heavy (non-hydrogen) atoms. The van der Waals surface area contributed by atoms with Crippen LogP contribution in [-0.2, 0) is 22.7 Å². The maximum Gasteiger partial charge on any atom is 0.346 e. The average molecular weight is 265 g/mol. The predicted molar refractivity (Wildman–Crippen MR) is 39.9 cm³/mol. The Labute approximate surface area is 90.2 Å². The van der Waals surface area contributed by atoms with Crippen molar-refractivity contribution >= 4 is 11.9 Å². The summed E-state index contributed by atoms with van der Waals surface area (Å²) in [5.74, 6) is -1.92. The Morgan fingerprint density at radius 1 is 1.29 bits per heavy atom. The molecule has 7 heteroatoms. The summed E-state index contributed by atoms with van der Waals surface area (Å²) in [7, 11) is 0. The second-order valence-corrected chi connectivity index (χ2v) is 2.55. The quantitative estimate of drug-likeness (QED) is 0.543. The molecule has 0 aliphatic carbocycles. The molecule has 0 saturated heterocycles. The average Bonchev–Trinajstić information content (AvgIpc) is 2.33. The van der Waals surface area contributed by atoms with Crippen molar-refractivity contribution in [2.75, 3.05) is 0 Å². The first kappa shape index (κ1) is 12.6. The van der Waals surface area contributed by atoms with Gasteiger partial charge in [-0.25, -0.2) is 18.7 Å². The minimum atomic E-state index is -0.960. The molecule has 0 aliphatic rings. The van der Waals surface area contributed by atoms with Gasteiger partial charge < -0.3 is 27.2 Å². The van der Waals surface area contributed by atoms with Crippen molar-refractivity contribution in [3.05, 3.63) is 18.7 Å². The van der Waals surface area contributed by atoms with Gasteiger partial charge in [0.15, 0.2) is 13.1 Å². The van der Waals surface area contributed by atoms with Crippen molar-refractivity contribution in [1.29, 1.82) is 0 Å². The van der Waals surface area contributed by atoms with E-state index in [0.29, 0.717) is 0 Å². The molecule has 1 rings (SSSR count). The fourth-order valence-corrected chi connectivity index (χ4v) is 0.938. The molecule has 0 radical (unpaired) electrons. The first-order valence-electron chi connectivity index (χ1n) is 3.56. The number of imidazole rings is 1. The van der Waals surface area contributed by atoms with Gasteiger partial charge in [-0.2, -0.15) is 0 Å². The lowest BCUT2D eigenvalue weighted by molar-refractivity contribution is -0.685. The molecule has 78 valence electrons. The van der Waals surface area contributed by atoms with E-state index in [0.717, 1.165) is 0 Å². The number of carboxylic acids is 2. The third-order valence-electron chi connectivity index (χ3n) is 1.38. The molecule has 2 N–H and O–H groups in total. The number of rotatable bonds is 4. The van der Waals surface area contributed by atoms with Gasteiger partial charge >= 0.3 is 11.9 Å². The fraction of sp³-hybridized carbons (Fsp3) is 0.286. The summed E-state index contributed by atoms with van der Waals surface area (Å²) in [6, 6.07) is 0. The minimum absolute atomic E-state index is 0. The van der Waals surface area contributed by atoms with Crippen LogP contribution in [0.4, 0.5) is 0 Å². The molecule has 6 nitrogen and oxygen atoms in total. The van der Waals surface area contributed by atoms with Crippen molar-refractivity contribution in [3.8, 4) is 0 Å². The van der Waals surface area contributed by atoms with Crippen molar-refractivity contribution in [2.24, 2.45) is 0 Å². The van der Waals surface area contributed by atoms with Crippen LogP contribution in [0.25, 0.3) is 0 Å².